The first kappa shape index (κ1) is 22.8. The molecule has 1 aliphatic rings. The van der Waals surface area contributed by atoms with Gasteiger partial charge in [0.25, 0.3) is 0 Å². The number of hydrogen-bond acceptors (Lipinski definition) is 2. The number of unbranched alkanes of at least 4 members (excludes halogenated alkanes) is 4. The number of alkyl halides is 1. The van der Waals surface area contributed by atoms with E-state index in [1.807, 2.05) is 0 Å². The third-order valence-electron chi connectivity index (χ3n) is 6.37. The first-order valence-electron chi connectivity index (χ1n) is 11.0. The third-order valence-corrected chi connectivity index (χ3v) is 7.99. The summed E-state index contributed by atoms with van der Waals surface area (Å²) < 4.78 is 0.616. The first-order chi connectivity index (χ1) is 12.7. The lowest BCUT2D eigenvalue weighted by molar-refractivity contribution is 0.308. The van der Waals surface area contributed by atoms with Crippen molar-refractivity contribution in [2.45, 2.75) is 108 Å². The Kier molecular flexibility index (Phi) is 8.76. The van der Waals surface area contributed by atoms with Crippen molar-refractivity contribution < 1.29 is 10.2 Å². The lowest BCUT2D eigenvalue weighted by atomic mass is 9.84. The number of halogens is 1. The van der Waals surface area contributed by atoms with Crippen LogP contribution in [0.2, 0.25) is 0 Å². The van der Waals surface area contributed by atoms with Crippen molar-refractivity contribution in [3.8, 4) is 11.5 Å². The molecule has 0 aliphatic heterocycles. The smallest absolute Gasteiger partial charge is 0.122 e. The molecule has 2 nitrogen and oxygen atoms in total. The average Bonchev–Trinajstić information content (AvgIpc) is 3.35. The minimum atomic E-state index is 0.300. The van der Waals surface area contributed by atoms with E-state index in [1.165, 1.54) is 57.8 Å². The molecule has 154 valence electrons. The van der Waals surface area contributed by atoms with Crippen molar-refractivity contribution in [3.05, 3.63) is 23.3 Å². The van der Waals surface area contributed by atoms with Gasteiger partial charge < -0.3 is 10.2 Å². The molecule has 0 atom stereocenters. The van der Waals surface area contributed by atoms with E-state index in [2.05, 4.69) is 43.4 Å². The summed E-state index contributed by atoms with van der Waals surface area (Å²) >= 11 is 2.62. The van der Waals surface area contributed by atoms with E-state index in [1.54, 1.807) is 12.1 Å². The molecule has 0 unspecified atom stereocenters. The van der Waals surface area contributed by atoms with Gasteiger partial charge in [-0.1, -0.05) is 75.5 Å². The monoisotopic (exact) mass is 486 g/mol. The summed E-state index contributed by atoms with van der Waals surface area (Å²) in [5.41, 5.74) is 2.29. The van der Waals surface area contributed by atoms with Crippen LogP contribution in [0.4, 0.5) is 0 Å². The van der Waals surface area contributed by atoms with Crippen molar-refractivity contribution in [2.75, 3.05) is 0 Å². The van der Waals surface area contributed by atoms with Crippen LogP contribution in [0.25, 0.3) is 0 Å². The van der Waals surface area contributed by atoms with Crippen LogP contribution >= 0.6 is 22.6 Å². The molecule has 1 saturated carbocycles. The Hall–Kier alpha value is -0.450. The molecule has 0 heterocycles. The zero-order valence-electron chi connectivity index (χ0n) is 17.6. The van der Waals surface area contributed by atoms with Crippen molar-refractivity contribution in [1.29, 1.82) is 0 Å². The molecule has 3 heteroatoms. The second-order valence-electron chi connectivity index (χ2n) is 9.40. The summed E-state index contributed by atoms with van der Waals surface area (Å²) in [7, 11) is 0. The normalized spacial score (nSPS) is 15.9. The molecular formula is C24H39IO2. The van der Waals surface area contributed by atoms with E-state index in [0.29, 0.717) is 20.3 Å². The van der Waals surface area contributed by atoms with E-state index >= 15 is 0 Å². The van der Waals surface area contributed by atoms with Gasteiger partial charge in [0.05, 0.1) is 0 Å². The quantitative estimate of drug-likeness (QED) is 0.130. The molecule has 0 radical (unpaired) electrons. The lowest BCUT2D eigenvalue weighted by Crippen LogP contribution is -2.08. The zero-order valence-corrected chi connectivity index (χ0v) is 19.8. The number of aryl methyl sites for hydroxylation is 2. The average molecular weight is 486 g/mol. The number of phenols is 2. The Balaban J connectivity index is 1.74. The largest absolute Gasteiger partial charge is 0.508 e. The SMILES string of the molecule is CCC(C)(C)CCCCCc1cc(O)cc(CCCCCC2(I)CC2)c1O. The molecule has 0 saturated heterocycles. The van der Waals surface area contributed by atoms with Gasteiger partial charge in [-0.3, -0.25) is 0 Å². The second kappa shape index (κ2) is 10.4. The lowest BCUT2D eigenvalue weighted by Gasteiger charge is -2.22. The minimum Gasteiger partial charge on any atom is -0.508 e. The molecule has 1 aromatic carbocycles. The summed E-state index contributed by atoms with van der Waals surface area (Å²) in [6.45, 7) is 6.94. The molecule has 1 aliphatic carbocycles. The highest BCUT2D eigenvalue weighted by Gasteiger charge is 2.38. The number of hydrogen-bond donors (Lipinski definition) is 2. The molecule has 27 heavy (non-hydrogen) atoms. The molecule has 0 bridgehead atoms. The summed E-state index contributed by atoms with van der Waals surface area (Å²) in [5.74, 6) is 0.725. The van der Waals surface area contributed by atoms with Gasteiger partial charge in [-0.05, 0) is 80.0 Å². The number of phenolic OH excluding ortho intramolecular Hbond substituents is 2. The van der Waals surface area contributed by atoms with E-state index < -0.39 is 0 Å². The maximum Gasteiger partial charge on any atom is 0.122 e. The van der Waals surface area contributed by atoms with Crippen molar-refractivity contribution in [2.24, 2.45) is 5.41 Å². The predicted molar refractivity (Wildman–Crippen MR) is 124 cm³/mol. The molecular weight excluding hydrogens is 447 g/mol. The number of rotatable bonds is 13. The van der Waals surface area contributed by atoms with Gasteiger partial charge in [0.2, 0.25) is 0 Å². The first-order valence-corrected chi connectivity index (χ1v) is 12.1. The van der Waals surface area contributed by atoms with Crippen LogP contribution in [0.3, 0.4) is 0 Å². The highest BCUT2D eigenvalue weighted by molar-refractivity contribution is 14.1. The third kappa shape index (κ3) is 8.21. The van der Waals surface area contributed by atoms with Crippen molar-refractivity contribution in [1.82, 2.24) is 0 Å². The van der Waals surface area contributed by atoms with Crippen LogP contribution in [0, 0.1) is 5.41 Å². The van der Waals surface area contributed by atoms with E-state index in [9.17, 15) is 10.2 Å². The van der Waals surface area contributed by atoms with E-state index in [-0.39, 0.29) is 0 Å². The number of benzene rings is 1. The van der Waals surface area contributed by atoms with Crippen molar-refractivity contribution in [3.63, 3.8) is 0 Å². The van der Waals surface area contributed by atoms with Gasteiger partial charge >= 0.3 is 0 Å². The van der Waals surface area contributed by atoms with Crippen LogP contribution in [-0.2, 0) is 12.8 Å². The summed E-state index contributed by atoms with van der Waals surface area (Å²) in [4.78, 5) is 0. The van der Waals surface area contributed by atoms with E-state index in [4.69, 9.17) is 0 Å². The molecule has 0 aromatic heterocycles. The minimum absolute atomic E-state index is 0.300. The Morgan fingerprint density at radius 3 is 2.00 bits per heavy atom. The van der Waals surface area contributed by atoms with Crippen LogP contribution < -0.4 is 0 Å². The fraction of sp³-hybridized carbons (Fsp3) is 0.750. The van der Waals surface area contributed by atoms with Crippen molar-refractivity contribution >= 4 is 22.6 Å². The molecule has 0 spiro atoms. The van der Waals surface area contributed by atoms with Gasteiger partial charge in [-0.15, -0.1) is 0 Å². The maximum absolute atomic E-state index is 10.6. The summed E-state index contributed by atoms with van der Waals surface area (Å²) in [5, 5.41) is 20.7. The van der Waals surface area contributed by atoms with Crippen LogP contribution in [-0.4, -0.2) is 13.6 Å². The summed E-state index contributed by atoms with van der Waals surface area (Å²) in [6, 6.07) is 3.51. The Labute approximate surface area is 180 Å². The standard InChI is InChI=1S/C24H39IO2/c1-4-23(2,3)13-9-5-7-11-19-17-21(26)18-20(22(19)27)12-8-6-10-14-24(25)15-16-24/h17-18,26-27H,4-16H2,1-3H3. The maximum atomic E-state index is 10.6. The predicted octanol–water partition coefficient (Wildman–Crippen LogP) is 7.71. The Morgan fingerprint density at radius 2 is 1.48 bits per heavy atom. The molecule has 1 fully saturated rings. The topological polar surface area (TPSA) is 40.5 Å². The molecule has 2 N–H and O–H groups in total. The van der Waals surface area contributed by atoms with Crippen LogP contribution in [0.1, 0.15) is 103 Å². The van der Waals surface area contributed by atoms with E-state index in [0.717, 1.165) is 36.8 Å². The molecule has 1 aromatic rings. The van der Waals surface area contributed by atoms with Gasteiger partial charge in [0.1, 0.15) is 11.5 Å². The van der Waals surface area contributed by atoms with Gasteiger partial charge in [0, 0.05) is 3.42 Å². The van der Waals surface area contributed by atoms with Gasteiger partial charge in [0.15, 0.2) is 0 Å². The highest BCUT2D eigenvalue weighted by Crippen LogP contribution is 2.49. The van der Waals surface area contributed by atoms with Gasteiger partial charge in [-0.2, -0.15) is 0 Å². The summed E-state index contributed by atoms with van der Waals surface area (Å²) in [6.07, 6.45) is 15.4. The fourth-order valence-corrected chi connectivity index (χ4v) is 4.37. The van der Waals surface area contributed by atoms with Crippen LogP contribution in [0.5, 0.6) is 11.5 Å². The second-order valence-corrected chi connectivity index (χ2v) is 11.7. The molecule has 0 amide bonds. The molecule has 2 rings (SSSR count). The Morgan fingerprint density at radius 1 is 0.926 bits per heavy atom. The fourth-order valence-electron chi connectivity index (χ4n) is 3.72. The van der Waals surface area contributed by atoms with Crippen LogP contribution in [0.15, 0.2) is 12.1 Å². The number of aromatic hydroxyl groups is 2. The Bertz CT molecular complexity index is 590. The highest BCUT2D eigenvalue weighted by atomic mass is 127. The zero-order chi connectivity index (χ0) is 19.9. The van der Waals surface area contributed by atoms with Gasteiger partial charge in [-0.25, -0.2) is 0 Å².